The van der Waals surface area contributed by atoms with E-state index in [1.807, 2.05) is 11.8 Å². The van der Waals surface area contributed by atoms with Crippen LogP contribution in [0.5, 0.6) is 0 Å². The fourth-order valence-corrected chi connectivity index (χ4v) is 3.07. The van der Waals surface area contributed by atoms with E-state index in [9.17, 15) is 0 Å². The van der Waals surface area contributed by atoms with Crippen molar-refractivity contribution in [2.45, 2.75) is 23.1 Å². The van der Waals surface area contributed by atoms with Gasteiger partial charge in [0.2, 0.25) is 0 Å². The van der Waals surface area contributed by atoms with Gasteiger partial charge in [-0.3, -0.25) is 0 Å². The summed E-state index contributed by atoms with van der Waals surface area (Å²) in [6.07, 6.45) is 1.08. The molecule has 0 saturated heterocycles. The largest absolute Gasteiger partial charge is 0.0895 e. The third-order valence-corrected chi connectivity index (χ3v) is 4.03. The molecule has 0 spiro atoms. The van der Waals surface area contributed by atoms with Crippen LogP contribution in [0.4, 0.5) is 0 Å². The summed E-state index contributed by atoms with van der Waals surface area (Å²) in [6.45, 7) is 2.16. The molecule has 0 atom stereocenters. The van der Waals surface area contributed by atoms with E-state index in [1.54, 1.807) is 0 Å². The third kappa shape index (κ3) is 2.06. The molecular formula is C14H12CuS. The number of rotatable bonds is 0. The normalized spacial score (nSPS) is 12.3. The zero-order valence-corrected chi connectivity index (χ0v) is 10.7. The SMILES string of the molecule is Cc1ccc2c(c1)Cc1ccccc1S2.[Cu]. The minimum Gasteiger partial charge on any atom is -0.0895 e. The molecule has 0 N–H and O–H groups in total. The second-order valence-electron chi connectivity index (χ2n) is 4.00. The van der Waals surface area contributed by atoms with Gasteiger partial charge in [0.05, 0.1) is 0 Å². The van der Waals surface area contributed by atoms with Crippen LogP contribution in [-0.4, -0.2) is 0 Å². The molecule has 0 nitrogen and oxygen atoms in total. The van der Waals surface area contributed by atoms with Crippen LogP contribution >= 0.6 is 11.8 Å². The van der Waals surface area contributed by atoms with Crippen molar-refractivity contribution in [3.63, 3.8) is 0 Å². The minimum absolute atomic E-state index is 0. The topological polar surface area (TPSA) is 0 Å². The Kier molecular flexibility index (Phi) is 3.44. The molecule has 0 bridgehead atoms. The van der Waals surface area contributed by atoms with Gasteiger partial charge in [0.25, 0.3) is 0 Å². The zero-order chi connectivity index (χ0) is 10.3. The maximum atomic E-state index is 2.30. The first kappa shape index (κ1) is 11.8. The van der Waals surface area contributed by atoms with Crippen molar-refractivity contribution in [2.24, 2.45) is 0 Å². The van der Waals surface area contributed by atoms with Crippen LogP contribution in [0, 0.1) is 6.92 Å². The van der Waals surface area contributed by atoms with E-state index in [1.165, 1.54) is 26.5 Å². The van der Waals surface area contributed by atoms with E-state index in [0.29, 0.717) is 0 Å². The molecule has 0 unspecified atom stereocenters. The van der Waals surface area contributed by atoms with Gasteiger partial charge in [-0.25, -0.2) is 0 Å². The fraction of sp³-hybridized carbons (Fsp3) is 0.143. The molecule has 2 aromatic rings. The average Bonchev–Trinajstić information content (AvgIpc) is 2.26. The van der Waals surface area contributed by atoms with E-state index in [4.69, 9.17) is 0 Å². The summed E-state index contributed by atoms with van der Waals surface area (Å²) >= 11 is 1.89. The van der Waals surface area contributed by atoms with Gasteiger partial charge in [0.1, 0.15) is 0 Å². The molecule has 85 valence electrons. The predicted molar refractivity (Wildman–Crippen MR) is 64.6 cm³/mol. The van der Waals surface area contributed by atoms with Crippen LogP contribution in [0.3, 0.4) is 0 Å². The van der Waals surface area contributed by atoms with Crippen LogP contribution in [0.25, 0.3) is 0 Å². The Morgan fingerprint density at radius 3 is 2.56 bits per heavy atom. The van der Waals surface area contributed by atoms with Gasteiger partial charge in [-0.1, -0.05) is 47.7 Å². The van der Waals surface area contributed by atoms with Crippen molar-refractivity contribution >= 4 is 11.8 Å². The van der Waals surface area contributed by atoms with E-state index >= 15 is 0 Å². The van der Waals surface area contributed by atoms with Crippen molar-refractivity contribution in [2.75, 3.05) is 0 Å². The first-order valence-corrected chi connectivity index (χ1v) is 6.00. The van der Waals surface area contributed by atoms with Gasteiger partial charge in [0.15, 0.2) is 0 Å². The molecule has 2 aromatic carbocycles. The van der Waals surface area contributed by atoms with E-state index in [0.717, 1.165) is 6.42 Å². The molecule has 1 heterocycles. The summed E-state index contributed by atoms with van der Waals surface area (Å²) in [5.74, 6) is 0. The smallest absolute Gasteiger partial charge is 0.0158 e. The van der Waals surface area contributed by atoms with Gasteiger partial charge < -0.3 is 0 Å². The van der Waals surface area contributed by atoms with E-state index in [2.05, 4.69) is 49.4 Å². The van der Waals surface area contributed by atoms with Crippen molar-refractivity contribution in [3.8, 4) is 0 Å². The summed E-state index contributed by atoms with van der Waals surface area (Å²) < 4.78 is 0. The van der Waals surface area contributed by atoms with Crippen LogP contribution in [-0.2, 0) is 23.5 Å². The first-order valence-electron chi connectivity index (χ1n) is 5.18. The Bertz CT molecular complexity index is 520. The summed E-state index contributed by atoms with van der Waals surface area (Å²) in [6, 6.07) is 15.4. The molecule has 1 aliphatic heterocycles. The van der Waals surface area contributed by atoms with Crippen LogP contribution < -0.4 is 0 Å². The molecule has 0 aromatic heterocycles. The number of hydrogen-bond acceptors (Lipinski definition) is 1. The van der Waals surface area contributed by atoms with Crippen LogP contribution in [0.2, 0.25) is 0 Å². The minimum atomic E-state index is 0. The molecule has 1 radical (unpaired) electrons. The average molecular weight is 276 g/mol. The number of fused-ring (bicyclic) bond motifs is 2. The van der Waals surface area contributed by atoms with Crippen molar-refractivity contribution < 1.29 is 17.1 Å². The van der Waals surface area contributed by atoms with Crippen LogP contribution in [0.15, 0.2) is 52.3 Å². The fourth-order valence-electron chi connectivity index (χ4n) is 2.02. The Morgan fingerprint density at radius 2 is 1.69 bits per heavy atom. The second-order valence-corrected chi connectivity index (χ2v) is 5.08. The van der Waals surface area contributed by atoms with Gasteiger partial charge in [-0.15, -0.1) is 0 Å². The van der Waals surface area contributed by atoms with Gasteiger partial charge in [0, 0.05) is 26.9 Å². The molecule has 3 rings (SSSR count). The summed E-state index contributed by atoms with van der Waals surface area (Å²) in [5.41, 5.74) is 4.29. The van der Waals surface area contributed by atoms with Crippen LogP contribution in [0.1, 0.15) is 16.7 Å². The Balaban J connectivity index is 0.000000963. The maximum Gasteiger partial charge on any atom is 0.0158 e. The third-order valence-electron chi connectivity index (χ3n) is 2.79. The summed E-state index contributed by atoms with van der Waals surface area (Å²) in [7, 11) is 0. The summed E-state index contributed by atoms with van der Waals surface area (Å²) in [4.78, 5) is 2.83. The Labute approximate surface area is 111 Å². The van der Waals surface area contributed by atoms with Gasteiger partial charge in [-0.2, -0.15) is 0 Å². The number of benzene rings is 2. The summed E-state index contributed by atoms with van der Waals surface area (Å²) in [5, 5.41) is 0. The second kappa shape index (κ2) is 4.67. The quantitative estimate of drug-likeness (QED) is 0.558. The zero-order valence-electron chi connectivity index (χ0n) is 8.96. The molecule has 16 heavy (non-hydrogen) atoms. The van der Waals surface area contributed by atoms with Gasteiger partial charge in [-0.05, 0) is 36.6 Å². The molecular weight excluding hydrogens is 264 g/mol. The maximum absolute atomic E-state index is 2.30. The Hall–Kier alpha value is -0.691. The van der Waals surface area contributed by atoms with Gasteiger partial charge >= 0.3 is 0 Å². The molecule has 1 aliphatic rings. The molecule has 0 fully saturated rings. The van der Waals surface area contributed by atoms with E-state index in [-0.39, 0.29) is 17.1 Å². The van der Waals surface area contributed by atoms with Crippen molar-refractivity contribution in [1.82, 2.24) is 0 Å². The Morgan fingerprint density at radius 1 is 0.938 bits per heavy atom. The standard InChI is InChI=1S/C14H12S.Cu/c1-10-6-7-14-12(8-10)9-11-4-2-3-5-13(11)15-14;/h2-8H,9H2,1H3;. The molecule has 0 aliphatic carbocycles. The predicted octanol–water partition coefficient (Wildman–Crippen LogP) is 4.05. The first-order chi connectivity index (χ1) is 7.33. The van der Waals surface area contributed by atoms with Crippen molar-refractivity contribution in [3.05, 3.63) is 59.2 Å². The molecule has 2 heteroatoms. The van der Waals surface area contributed by atoms with Crippen molar-refractivity contribution in [1.29, 1.82) is 0 Å². The monoisotopic (exact) mass is 275 g/mol. The number of aryl methyl sites for hydroxylation is 1. The van der Waals surface area contributed by atoms with E-state index < -0.39 is 0 Å². The number of hydrogen-bond donors (Lipinski definition) is 0. The molecule has 0 saturated carbocycles. The molecule has 0 amide bonds.